The Kier molecular flexibility index (Phi) is 8.19. The number of hydrazine groups is 1. The van der Waals surface area contributed by atoms with E-state index in [0.717, 1.165) is 10.6 Å². The molecule has 1 N–H and O–H groups in total. The smallest absolute Gasteiger partial charge is 0.387 e. The Morgan fingerprint density at radius 1 is 1.05 bits per heavy atom. The number of nitrogens with zero attached hydrogens (tertiary/aromatic N) is 3. The van der Waals surface area contributed by atoms with E-state index in [4.69, 9.17) is 4.74 Å². The van der Waals surface area contributed by atoms with Gasteiger partial charge in [0.2, 0.25) is 10.0 Å². The maximum absolute atomic E-state index is 13.3. The van der Waals surface area contributed by atoms with E-state index in [1.807, 2.05) is 24.3 Å². The first-order valence-electron chi connectivity index (χ1n) is 11.4. The molecule has 1 saturated heterocycles. The van der Waals surface area contributed by atoms with Gasteiger partial charge in [-0.1, -0.05) is 30.3 Å². The molecule has 196 valence electrons. The van der Waals surface area contributed by atoms with Gasteiger partial charge in [-0.05, 0) is 53.4 Å². The molecule has 1 aliphatic rings. The molecule has 1 fully saturated rings. The van der Waals surface area contributed by atoms with Gasteiger partial charge in [0, 0.05) is 18.9 Å². The van der Waals surface area contributed by atoms with Crippen LogP contribution in [-0.2, 0) is 22.2 Å². The molecule has 2 amide bonds. The molecule has 1 aliphatic heterocycles. The maximum atomic E-state index is 13.3. The van der Waals surface area contributed by atoms with Crippen LogP contribution in [0, 0.1) is 0 Å². The first kappa shape index (κ1) is 26.3. The normalized spacial score (nSPS) is 15.9. The molecule has 9 nitrogen and oxygen atoms in total. The van der Waals surface area contributed by atoms with Gasteiger partial charge >= 0.3 is 12.6 Å². The molecule has 1 aromatic heterocycles. The molecule has 3 aromatic rings. The highest BCUT2D eigenvalue weighted by Crippen LogP contribution is 2.31. The molecule has 1 atom stereocenters. The van der Waals surface area contributed by atoms with Crippen molar-refractivity contribution < 1.29 is 31.5 Å². The van der Waals surface area contributed by atoms with Crippen molar-refractivity contribution in [3.05, 3.63) is 89.7 Å². The Hall–Kier alpha value is -3.77. The maximum Gasteiger partial charge on any atom is 0.387 e. The number of nitrogens with one attached hydrogen (secondary N) is 1. The molecule has 2 aromatic carbocycles. The summed E-state index contributed by atoms with van der Waals surface area (Å²) in [5.74, 6) is 0.349. The number of aromatic nitrogens is 1. The third-order valence-electron chi connectivity index (χ3n) is 5.83. The van der Waals surface area contributed by atoms with E-state index >= 15 is 0 Å². The van der Waals surface area contributed by atoms with Crippen molar-refractivity contribution in [2.45, 2.75) is 24.8 Å². The molecule has 1 unspecified atom stereocenters. The molecular formula is C25H26F2N4O5S. The molecule has 2 heterocycles. The van der Waals surface area contributed by atoms with E-state index in [2.05, 4.69) is 14.6 Å². The average Bonchev–Trinajstić information content (AvgIpc) is 3.17. The van der Waals surface area contributed by atoms with Crippen LogP contribution in [0.15, 0.2) is 73.1 Å². The number of hydrogen-bond donors (Lipinski definition) is 1. The zero-order valence-electron chi connectivity index (χ0n) is 20.0. The van der Waals surface area contributed by atoms with Gasteiger partial charge in [-0.2, -0.15) is 8.78 Å². The van der Waals surface area contributed by atoms with E-state index < -0.39 is 28.7 Å². The summed E-state index contributed by atoms with van der Waals surface area (Å²) in [6, 6.07) is 15.6. The highest BCUT2D eigenvalue weighted by molar-refractivity contribution is 7.88. The number of benzene rings is 2. The van der Waals surface area contributed by atoms with Crippen LogP contribution < -0.4 is 14.3 Å². The summed E-state index contributed by atoms with van der Waals surface area (Å²) >= 11 is 0. The molecule has 4 rings (SSSR count). The summed E-state index contributed by atoms with van der Waals surface area (Å²) in [7, 11) is -2.33. The van der Waals surface area contributed by atoms with Crippen LogP contribution in [0.3, 0.4) is 0 Å². The summed E-state index contributed by atoms with van der Waals surface area (Å²) in [6.45, 7) is -2.63. The largest absolute Gasteiger partial charge is 0.497 e. The van der Waals surface area contributed by atoms with Crippen molar-refractivity contribution in [3.8, 4) is 11.5 Å². The summed E-state index contributed by atoms with van der Waals surface area (Å²) in [5.41, 5.74) is 2.09. The van der Waals surface area contributed by atoms with Crippen molar-refractivity contribution in [1.29, 1.82) is 0 Å². The van der Waals surface area contributed by atoms with Crippen LogP contribution in [0.25, 0.3) is 0 Å². The number of sulfonamides is 1. The fourth-order valence-corrected chi connectivity index (χ4v) is 5.23. The van der Waals surface area contributed by atoms with Gasteiger partial charge < -0.3 is 14.4 Å². The highest BCUT2D eigenvalue weighted by atomic mass is 32.2. The molecule has 0 aliphatic carbocycles. The van der Waals surface area contributed by atoms with Crippen molar-refractivity contribution in [1.82, 2.24) is 19.7 Å². The standard InChI is InChI=1S/C25H26F2N4O5S/c1-35-21-8-4-18(5-9-21)12-14-30-23(20-6-10-22(11-7-20)36-24(26)27)16-31(25(30)32)29-37(33,34)17-19-3-2-13-28-15-19/h2-11,13,15,23-24,29H,12,14,16-17H2,1H3. The lowest BCUT2D eigenvalue weighted by Gasteiger charge is -2.23. The quantitative estimate of drug-likeness (QED) is 0.404. The van der Waals surface area contributed by atoms with Crippen LogP contribution in [0.2, 0.25) is 0 Å². The number of methoxy groups -OCH3 is 1. The number of hydrogen-bond acceptors (Lipinski definition) is 6. The number of pyridine rings is 1. The van der Waals surface area contributed by atoms with Crippen molar-refractivity contribution in [2.75, 3.05) is 20.2 Å². The lowest BCUT2D eigenvalue weighted by Crippen LogP contribution is -2.45. The SMILES string of the molecule is COc1ccc(CCN2C(=O)N(NS(=O)(=O)Cc3cccnc3)CC2c2ccc(OC(F)F)cc2)cc1. The minimum absolute atomic E-state index is 0.0121. The second kappa shape index (κ2) is 11.5. The van der Waals surface area contributed by atoms with Crippen molar-refractivity contribution in [3.63, 3.8) is 0 Å². The van der Waals surface area contributed by atoms with Crippen molar-refractivity contribution in [2.24, 2.45) is 0 Å². The second-order valence-corrected chi connectivity index (χ2v) is 10.1. The third kappa shape index (κ3) is 6.92. The number of alkyl halides is 2. The van der Waals surface area contributed by atoms with Gasteiger partial charge in [0.05, 0.1) is 25.4 Å². The molecule has 0 saturated carbocycles. The molecular weight excluding hydrogens is 506 g/mol. The van der Waals surface area contributed by atoms with Crippen LogP contribution in [0.4, 0.5) is 13.6 Å². The molecule has 0 spiro atoms. The fraction of sp³-hybridized carbons (Fsp3) is 0.280. The molecule has 0 bridgehead atoms. The number of ether oxygens (including phenoxy) is 2. The van der Waals surface area contributed by atoms with E-state index in [1.54, 1.807) is 36.3 Å². The van der Waals surface area contributed by atoms with Gasteiger partial charge in [0.1, 0.15) is 11.5 Å². The third-order valence-corrected chi connectivity index (χ3v) is 7.04. The number of carbonyl (C=O) groups excluding carboxylic acids is 1. The first-order valence-corrected chi connectivity index (χ1v) is 13.0. The first-order chi connectivity index (χ1) is 17.7. The van der Waals surface area contributed by atoms with E-state index in [9.17, 15) is 22.0 Å². The summed E-state index contributed by atoms with van der Waals surface area (Å²) in [5, 5.41) is 1.06. The minimum atomic E-state index is -3.90. The monoisotopic (exact) mass is 532 g/mol. The van der Waals surface area contributed by atoms with Crippen LogP contribution in [0.5, 0.6) is 11.5 Å². The average molecular weight is 533 g/mol. The van der Waals surface area contributed by atoms with Gasteiger partial charge in [-0.15, -0.1) is 4.83 Å². The number of carbonyl (C=O) groups is 1. The summed E-state index contributed by atoms with van der Waals surface area (Å²) < 4.78 is 60.3. The van der Waals surface area contributed by atoms with E-state index in [-0.39, 0.29) is 18.0 Å². The zero-order valence-corrected chi connectivity index (χ0v) is 20.8. The Labute approximate surface area is 213 Å². The van der Waals surface area contributed by atoms with Crippen molar-refractivity contribution >= 4 is 16.1 Å². The minimum Gasteiger partial charge on any atom is -0.497 e. The molecule has 0 radical (unpaired) electrons. The van der Waals surface area contributed by atoms with Crippen LogP contribution >= 0.6 is 0 Å². The van der Waals surface area contributed by atoms with E-state index in [0.29, 0.717) is 29.8 Å². The Morgan fingerprint density at radius 2 is 1.76 bits per heavy atom. The second-order valence-electron chi connectivity index (χ2n) is 8.36. The Balaban J connectivity index is 1.53. The molecule has 12 heteroatoms. The van der Waals surface area contributed by atoms with Gasteiger partial charge in [-0.25, -0.2) is 18.2 Å². The number of urea groups is 1. The highest BCUT2D eigenvalue weighted by Gasteiger charge is 2.39. The predicted octanol–water partition coefficient (Wildman–Crippen LogP) is 3.75. The van der Waals surface area contributed by atoms with Gasteiger partial charge in [0.25, 0.3) is 0 Å². The number of rotatable bonds is 11. The number of halogens is 2. The van der Waals surface area contributed by atoms with Crippen LogP contribution in [-0.4, -0.2) is 56.2 Å². The summed E-state index contributed by atoms with van der Waals surface area (Å²) in [4.78, 5) is 21.2. The fourth-order valence-electron chi connectivity index (χ4n) is 4.07. The number of amides is 2. The summed E-state index contributed by atoms with van der Waals surface area (Å²) in [6.07, 6.45) is 3.49. The lowest BCUT2D eigenvalue weighted by atomic mass is 10.1. The van der Waals surface area contributed by atoms with E-state index in [1.165, 1.54) is 24.5 Å². The van der Waals surface area contributed by atoms with Gasteiger partial charge in [-0.3, -0.25) is 4.98 Å². The Bertz CT molecular complexity index is 1290. The predicted molar refractivity (Wildman–Crippen MR) is 131 cm³/mol. The topological polar surface area (TPSA) is 101 Å². The lowest BCUT2D eigenvalue weighted by molar-refractivity contribution is -0.0498. The van der Waals surface area contributed by atoms with Gasteiger partial charge in [0.15, 0.2) is 0 Å². The van der Waals surface area contributed by atoms with Crippen LogP contribution in [0.1, 0.15) is 22.7 Å². The zero-order chi connectivity index (χ0) is 26.4. The molecule has 37 heavy (non-hydrogen) atoms. The Morgan fingerprint density at radius 3 is 2.38 bits per heavy atom.